The molecule has 21 heavy (non-hydrogen) atoms. The second-order valence-electron chi connectivity index (χ2n) is 4.51. The standard InChI is InChI=1S/C15H10ClFN2O2/c16-11-7-10(2-3-12(11)17)19-15(20)6-9-1-4-13-14(5-9)21-8-18-13/h1-5,7-8H,6H2,(H,19,20). The predicted molar refractivity (Wildman–Crippen MR) is 77.8 cm³/mol. The summed E-state index contributed by atoms with van der Waals surface area (Å²) in [7, 11) is 0. The Labute approximate surface area is 124 Å². The van der Waals surface area contributed by atoms with Crippen LogP contribution in [-0.4, -0.2) is 10.9 Å². The average molecular weight is 305 g/mol. The van der Waals surface area contributed by atoms with Gasteiger partial charge in [0.2, 0.25) is 5.91 Å². The van der Waals surface area contributed by atoms with Gasteiger partial charge in [0.25, 0.3) is 0 Å². The highest BCUT2D eigenvalue weighted by molar-refractivity contribution is 6.31. The summed E-state index contributed by atoms with van der Waals surface area (Å²) >= 11 is 5.66. The van der Waals surface area contributed by atoms with Crippen LogP contribution in [-0.2, 0) is 11.2 Å². The highest BCUT2D eigenvalue weighted by Crippen LogP contribution is 2.20. The number of hydrogen-bond acceptors (Lipinski definition) is 3. The first-order valence-corrected chi connectivity index (χ1v) is 6.56. The Morgan fingerprint density at radius 2 is 2.14 bits per heavy atom. The van der Waals surface area contributed by atoms with Crippen LogP contribution in [0.3, 0.4) is 0 Å². The molecule has 0 aliphatic heterocycles. The first-order chi connectivity index (χ1) is 10.1. The maximum atomic E-state index is 13.0. The smallest absolute Gasteiger partial charge is 0.228 e. The van der Waals surface area contributed by atoms with Gasteiger partial charge in [0.1, 0.15) is 11.3 Å². The number of halogens is 2. The number of nitrogens with one attached hydrogen (secondary N) is 1. The number of fused-ring (bicyclic) bond motifs is 1. The third kappa shape index (κ3) is 3.03. The minimum atomic E-state index is -0.523. The number of nitrogens with zero attached hydrogens (tertiary/aromatic N) is 1. The van der Waals surface area contributed by atoms with Gasteiger partial charge in [0.15, 0.2) is 12.0 Å². The molecule has 0 unspecified atom stereocenters. The Bertz CT molecular complexity index is 816. The van der Waals surface area contributed by atoms with Gasteiger partial charge in [-0.3, -0.25) is 4.79 Å². The SMILES string of the molecule is O=C(Cc1ccc2ncoc2c1)Nc1ccc(F)c(Cl)c1. The van der Waals surface area contributed by atoms with E-state index < -0.39 is 5.82 Å². The zero-order valence-electron chi connectivity index (χ0n) is 10.8. The Morgan fingerprint density at radius 3 is 2.95 bits per heavy atom. The normalized spacial score (nSPS) is 10.8. The molecule has 3 aromatic rings. The van der Waals surface area contributed by atoms with Crippen LogP contribution < -0.4 is 5.32 Å². The summed E-state index contributed by atoms with van der Waals surface area (Å²) in [5.74, 6) is -0.748. The zero-order chi connectivity index (χ0) is 14.8. The molecule has 0 aliphatic carbocycles. The van der Waals surface area contributed by atoms with E-state index in [1.807, 2.05) is 6.07 Å². The lowest BCUT2D eigenvalue weighted by Crippen LogP contribution is -2.14. The number of oxazole rings is 1. The molecule has 3 rings (SSSR count). The first-order valence-electron chi connectivity index (χ1n) is 6.19. The number of anilines is 1. The van der Waals surface area contributed by atoms with Gasteiger partial charge in [-0.2, -0.15) is 0 Å². The molecular formula is C15H10ClFN2O2. The van der Waals surface area contributed by atoms with Gasteiger partial charge in [-0.15, -0.1) is 0 Å². The average Bonchev–Trinajstić information content (AvgIpc) is 2.90. The van der Waals surface area contributed by atoms with E-state index in [2.05, 4.69) is 10.3 Å². The Hall–Kier alpha value is -2.40. The quantitative estimate of drug-likeness (QED) is 0.800. The third-order valence-electron chi connectivity index (χ3n) is 2.96. The Balaban J connectivity index is 1.71. The van der Waals surface area contributed by atoms with E-state index >= 15 is 0 Å². The fraction of sp³-hybridized carbons (Fsp3) is 0.0667. The summed E-state index contributed by atoms with van der Waals surface area (Å²) in [6.07, 6.45) is 1.53. The number of hydrogen-bond donors (Lipinski definition) is 1. The van der Waals surface area contributed by atoms with Crippen LogP contribution >= 0.6 is 11.6 Å². The molecule has 0 radical (unpaired) electrons. The molecule has 0 bridgehead atoms. The van der Waals surface area contributed by atoms with E-state index in [0.717, 1.165) is 11.1 Å². The topological polar surface area (TPSA) is 55.1 Å². The number of amides is 1. The van der Waals surface area contributed by atoms with Crippen molar-refractivity contribution in [3.8, 4) is 0 Å². The van der Waals surface area contributed by atoms with Crippen molar-refractivity contribution < 1.29 is 13.6 Å². The van der Waals surface area contributed by atoms with Crippen LogP contribution in [0, 0.1) is 5.82 Å². The van der Waals surface area contributed by atoms with E-state index in [-0.39, 0.29) is 17.4 Å². The second kappa shape index (κ2) is 5.54. The summed E-state index contributed by atoms with van der Waals surface area (Å²) in [4.78, 5) is 16.0. The van der Waals surface area contributed by atoms with Gasteiger partial charge in [-0.05, 0) is 35.9 Å². The summed E-state index contributed by atoms with van der Waals surface area (Å²) < 4.78 is 18.2. The maximum absolute atomic E-state index is 13.0. The molecule has 1 amide bonds. The minimum absolute atomic E-state index is 0.0316. The van der Waals surface area contributed by atoms with Gasteiger partial charge in [-0.1, -0.05) is 17.7 Å². The third-order valence-corrected chi connectivity index (χ3v) is 3.25. The van der Waals surface area contributed by atoms with Gasteiger partial charge < -0.3 is 9.73 Å². The van der Waals surface area contributed by atoms with Gasteiger partial charge in [0.05, 0.1) is 11.4 Å². The van der Waals surface area contributed by atoms with Crippen molar-refractivity contribution in [3.63, 3.8) is 0 Å². The van der Waals surface area contributed by atoms with Crippen LogP contribution in [0.4, 0.5) is 10.1 Å². The van der Waals surface area contributed by atoms with Crippen LogP contribution in [0.5, 0.6) is 0 Å². The van der Waals surface area contributed by atoms with Crippen LogP contribution in [0.25, 0.3) is 11.1 Å². The van der Waals surface area contributed by atoms with Crippen molar-refractivity contribution in [2.24, 2.45) is 0 Å². The fourth-order valence-corrected chi connectivity index (χ4v) is 2.15. The van der Waals surface area contributed by atoms with E-state index in [1.54, 1.807) is 12.1 Å². The first kappa shape index (κ1) is 13.6. The lowest BCUT2D eigenvalue weighted by atomic mass is 10.1. The molecule has 0 atom stereocenters. The van der Waals surface area contributed by atoms with Gasteiger partial charge >= 0.3 is 0 Å². The van der Waals surface area contributed by atoms with Crippen molar-refractivity contribution in [2.45, 2.75) is 6.42 Å². The molecule has 0 fully saturated rings. The van der Waals surface area contributed by atoms with E-state index in [9.17, 15) is 9.18 Å². The van der Waals surface area contributed by atoms with Crippen LogP contribution in [0.2, 0.25) is 5.02 Å². The van der Waals surface area contributed by atoms with Crippen molar-refractivity contribution in [3.05, 3.63) is 59.2 Å². The molecule has 0 saturated heterocycles. The maximum Gasteiger partial charge on any atom is 0.228 e. The summed E-state index contributed by atoms with van der Waals surface area (Å²) in [5.41, 5.74) is 2.62. The molecule has 1 heterocycles. The number of aromatic nitrogens is 1. The Morgan fingerprint density at radius 1 is 1.29 bits per heavy atom. The minimum Gasteiger partial charge on any atom is -0.443 e. The highest BCUT2D eigenvalue weighted by Gasteiger charge is 2.08. The summed E-state index contributed by atoms with van der Waals surface area (Å²) in [6, 6.07) is 9.39. The van der Waals surface area contributed by atoms with E-state index in [1.165, 1.54) is 24.6 Å². The molecule has 106 valence electrons. The summed E-state index contributed by atoms with van der Waals surface area (Å²) in [6.45, 7) is 0. The van der Waals surface area contributed by atoms with E-state index in [0.29, 0.717) is 11.3 Å². The van der Waals surface area contributed by atoms with Crippen molar-refractivity contribution >= 4 is 34.3 Å². The number of carbonyl (C=O) groups excluding carboxylic acids is 1. The molecular weight excluding hydrogens is 295 g/mol. The molecule has 0 aliphatic rings. The zero-order valence-corrected chi connectivity index (χ0v) is 11.5. The molecule has 6 heteroatoms. The molecule has 1 N–H and O–H groups in total. The van der Waals surface area contributed by atoms with Gasteiger partial charge in [-0.25, -0.2) is 9.37 Å². The molecule has 1 aromatic heterocycles. The van der Waals surface area contributed by atoms with Crippen LogP contribution in [0.1, 0.15) is 5.56 Å². The summed E-state index contributed by atoms with van der Waals surface area (Å²) in [5, 5.41) is 2.63. The van der Waals surface area contributed by atoms with Crippen molar-refractivity contribution in [1.82, 2.24) is 4.98 Å². The van der Waals surface area contributed by atoms with Crippen molar-refractivity contribution in [2.75, 3.05) is 5.32 Å². The predicted octanol–water partition coefficient (Wildman–Crippen LogP) is 3.80. The fourth-order valence-electron chi connectivity index (χ4n) is 1.97. The Kier molecular flexibility index (Phi) is 3.58. The largest absolute Gasteiger partial charge is 0.443 e. The molecule has 4 nitrogen and oxygen atoms in total. The molecule has 0 saturated carbocycles. The van der Waals surface area contributed by atoms with E-state index in [4.69, 9.17) is 16.0 Å². The number of rotatable bonds is 3. The van der Waals surface area contributed by atoms with Crippen molar-refractivity contribution in [1.29, 1.82) is 0 Å². The monoisotopic (exact) mass is 304 g/mol. The highest BCUT2D eigenvalue weighted by atomic mass is 35.5. The lowest BCUT2D eigenvalue weighted by molar-refractivity contribution is -0.115. The molecule has 2 aromatic carbocycles. The lowest BCUT2D eigenvalue weighted by Gasteiger charge is -2.06. The molecule has 0 spiro atoms. The number of benzene rings is 2. The van der Waals surface area contributed by atoms with Crippen LogP contribution in [0.15, 0.2) is 47.2 Å². The van der Waals surface area contributed by atoms with Gasteiger partial charge in [0, 0.05) is 5.69 Å². The second-order valence-corrected chi connectivity index (χ2v) is 4.92. The number of carbonyl (C=O) groups is 1.